The summed E-state index contributed by atoms with van der Waals surface area (Å²) in [4.78, 5) is 29.7. The molecule has 2 bridgehead atoms. The molecule has 6 rings (SSSR count). The number of carbonyl (C=O) groups excluding carboxylic acids is 2. The lowest BCUT2D eigenvalue weighted by Crippen LogP contribution is -2.60. The maximum absolute atomic E-state index is 13.7. The number of piperidine rings is 3. The fraction of sp³-hybridized carbons (Fsp3) is 0.500. The molecule has 7 nitrogen and oxygen atoms in total. The third-order valence-electron chi connectivity index (χ3n) is 8.12. The fourth-order valence-electron chi connectivity index (χ4n) is 5.78. The number of methoxy groups -OCH3 is 2. The molecule has 1 unspecified atom stereocenters. The molecule has 2 amide bonds. The fourth-order valence-corrected chi connectivity index (χ4v) is 6.37. The highest BCUT2D eigenvalue weighted by atomic mass is 35.5. The summed E-state index contributed by atoms with van der Waals surface area (Å²) in [5.74, 6) is 1.31. The zero-order chi connectivity index (χ0) is 26.2. The van der Waals surface area contributed by atoms with Crippen molar-refractivity contribution in [2.75, 3.05) is 33.9 Å². The van der Waals surface area contributed by atoms with E-state index >= 15 is 0 Å². The number of ether oxygens (including phenoxy) is 2. The van der Waals surface area contributed by atoms with Crippen molar-refractivity contribution in [1.82, 2.24) is 15.5 Å². The van der Waals surface area contributed by atoms with E-state index in [1.807, 2.05) is 24.3 Å². The summed E-state index contributed by atoms with van der Waals surface area (Å²) in [6.07, 6.45) is 3.85. The van der Waals surface area contributed by atoms with Crippen LogP contribution in [0.5, 0.6) is 11.5 Å². The Morgan fingerprint density at radius 3 is 2.38 bits per heavy atom. The molecule has 3 saturated heterocycles. The monoisotopic (exact) mass is 545 g/mol. The summed E-state index contributed by atoms with van der Waals surface area (Å²) in [7, 11) is 3.16. The van der Waals surface area contributed by atoms with E-state index in [1.165, 1.54) is 0 Å². The Bertz CT molecular complexity index is 1180. The number of nitrogens with one attached hydrogen (secondary N) is 2. The van der Waals surface area contributed by atoms with E-state index in [0.29, 0.717) is 46.7 Å². The molecule has 2 atom stereocenters. The molecule has 3 heterocycles. The van der Waals surface area contributed by atoms with Crippen LogP contribution in [0.2, 0.25) is 10.0 Å². The second-order valence-electron chi connectivity index (χ2n) is 10.4. The highest BCUT2D eigenvalue weighted by molar-refractivity contribution is 6.35. The predicted molar refractivity (Wildman–Crippen MR) is 144 cm³/mol. The molecule has 3 aliphatic heterocycles. The zero-order valence-corrected chi connectivity index (χ0v) is 22.7. The molecule has 198 valence electrons. The average molecular weight is 546 g/mol. The van der Waals surface area contributed by atoms with E-state index in [9.17, 15) is 9.59 Å². The number of rotatable bonds is 9. The first-order chi connectivity index (χ1) is 17.8. The molecule has 1 aliphatic carbocycles. The van der Waals surface area contributed by atoms with Gasteiger partial charge in [0.25, 0.3) is 0 Å². The summed E-state index contributed by atoms with van der Waals surface area (Å²) >= 11 is 12.6. The smallest absolute Gasteiger partial charge is 0.243 e. The Labute approximate surface area is 227 Å². The molecule has 0 aromatic heterocycles. The summed E-state index contributed by atoms with van der Waals surface area (Å²) in [6, 6.07) is 10.1. The zero-order valence-electron chi connectivity index (χ0n) is 21.2. The molecule has 37 heavy (non-hydrogen) atoms. The number of carbonyl (C=O) groups is 2. The van der Waals surface area contributed by atoms with Gasteiger partial charge in [0.2, 0.25) is 11.8 Å². The Kier molecular flexibility index (Phi) is 7.57. The first-order valence-electron chi connectivity index (χ1n) is 12.8. The Hall–Kier alpha value is -2.48. The molecule has 2 N–H and O–H groups in total. The molecule has 9 heteroatoms. The van der Waals surface area contributed by atoms with Gasteiger partial charge in [-0.25, -0.2) is 0 Å². The maximum Gasteiger partial charge on any atom is 0.243 e. The van der Waals surface area contributed by atoms with Crippen LogP contribution in [0, 0.1) is 5.92 Å². The van der Waals surface area contributed by atoms with E-state index < -0.39 is 11.5 Å². The number of fused-ring (bicyclic) bond motifs is 3. The van der Waals surface area contributed by atoms with Gasteiger partial charge in [-0.15, -0.1) is 0 Å². The summed E-state index contributed by atoms with van der Waals surface area (Å²) < 4.78 is 10.8. The van der Waals surface area contributed by atoms with Crippen LogP contribution in [0.15, 0.2) is 36.4 Å². The van der Waals surface area contributed by atoms with Gasteiger partial charge in [0.15, 0.2) is 11.5 Å². The van der Waals surface area contributed by atoms with Crippen molar-refractivity contribution in [3.8, 4) is 11.5 Å². The standard InChI is InChI=1S/C28H33Cl2N3O4/c1-36-24-6-3-17(14-25(24)37-2)13-22(26(34)31-23-16-33-11-7-18(23)8-12-33)32-27(35)28(9-10-28)20-5-4-19(29)15-21(20)30/h3-6,14-15,18,22-23H,7-13,16H2,1-2H3,(H,31,34)(H,32,35)/t22?,23-/m1/s1. The molecule has 4 fully saturated rings. The number of hydrogen-bond donors (Lipinski definition) is 2. The largest absolute Gasteiger partial charge is 0.493 e. The van der Waals surface area contributed by atoms with Crippen molar-refractivity contribution in [3.63, 3.8) is 0 Å². The van der Waals surface area contributed by atoms with Crippen molar-refractivity contribution < 1.29 is 19.1 Å². The van der Waals surface area contributed by atoms with Gasteiger partial charge in [-0.1, -0.05) is 35.3 Å². The number of nitrogens with zero attached hydrogens (tertiary/aromatic N) is 1. The van der Waals surface area contributed by atoms with Crippen LogP contribution >= 0.6 is 23.2 Å². The minimum absolute atomic E-state index is 0.0976. The van der Waals surface area contributed by atoms with Crippen LogP contribution in [0.1, 0.15) is 36.8 Å². The molecular weight excluding hydrogens is 513 g/mol. The molecule has 1 saturated carbocycles. The summed E-state index contributed by atoms with van der Waals surface area (Å²) in [6.45, 7) is 3.04. The van der Waals surface area contributed by atoms with Crippen LogP contribution in [0.4, 0.5) is 0 Å². The van der Waals surface area contributed by atoms with Gasteiger partial charge >= 0.3 is 0 Å². The average Bonchev–Trinajstić information content (AvgIpc) is 3.70. The normalized spacial score (nSPS) is 24.2. The first kappa shape index (κ1) is 26.1. The van der Waals surface area contributed by atoms with Crippen molar-refractivity contribution in [2.45, 2.75) is 49.6 Å². The Morgan fingerprint density at radius 1 is 1.05 bits per heavy atom. The van der Waals surface area contributed by atoms with Crippen LogP contribution < -0.4 is 20.1 Å². The number of amides is 2. The molecule has 4 aliphatic rings. The molecule has 2 aromatic rings. The lowest BCUT2D eigenvalue weighted by Gasteiger charge is -2.45. The SMILES string of the molecule is COc1ccc(CC(NC(=O)C2(c3ccc(Cl)cc3Cl)CC2)C(=O)N[C@@H]2CN3CCC2CC3)cc1OC. The minimum atomic E-state index is -0.746. The lowest BCUT2D eigenvalue weighted by molar-refractivity contribution is -0.131. The van der Waals surface area contributed by atoms with Crippen LogP contribution in [0.25, 0.3) is 0 Å². The van der Waals surface area contributed by atoms with Gasteiger partial charge in [0.05, 0.1) is 19.6 Å². The van der Waals surface area contributed by atoms with E-state index in [1.54, 1.807) is 26.4 Å². The third-order valence-corrected chi connectivity index (χ3v) is 8.67. The molecule has 0 spiro atoms. The quantitative estimate of drug-likeness (QED) is 0.498. The topological polar surface area (TPSA) is 79.9 Å². The van der Waals surface area contributed by atoms with Gasteiger partial charge in [0.1, 0.15) is 6.04 Å². The van der Waals surface area contributed by atoms with Gasteiger partial charge in [-0.3, -0.25) is 9.59 Å². The second kappa shape index (κ2) is 10.7. The number of hydrogen-bond acceptors (Lipinski definition) is 5. The van der Waals surface area contributed by atoms with Crippen molar-refractivity contribution in [1.29, 1.82) is 0 Å². The Balaban J connectivity index is 1.38. The van der Waals surface area contributed by atoms with E-state index in [-0.39, 0.29) is 17.9 Å². The Morgan fingerprint density at radius 2 is 1.78 bits per heavy atom. The summed E-state index contributed by atoms with van der Waals surface area (Å²) in [5.41, 5.74) is 0.869. The van der Waals surface area contributed by atoms with Crippen LogP contribution in [-0.4, -0.2) is 62.7 Å². The molecular formula is C28H33Cl2N3O4. The predicted octanol–water partition coefficient (Wildman–Crippen LogP) is 3.98. The van der Waals surface area contributed by atoms with Crippen molar-refractivity contribution in [2.24, 2.45) is 5.92 Å². The van der Waals surface area contributed by atoms with Gasteiger partial charge in [-0.05, 0) is 80.1 Å². The first-order valence-corrected chi connectivity index (χ1v) is 13.6. The van der Waals surface area contributed by atoms with Gasteiger partial charge < -0.3 is 25.0 Å². The van der Waals surface area contributed by atoms with E-state index in [0.717, 1.165) is 43.6 Å². The second-order valence-corrected chi connectivity index (χ2v) is 11.2. The van der Waals surface area contributed by atoms with E-state index in [4.69, 9.17) is 32.7 Å². The van der Waals surface area contributed by atoms with Gasteiger partial charge in [0, 0.05) is 29.1 Å². The van der Waals surface area contributed by atoms with Crippen LogP contribution in [-0.2, 0) is 21.4 Å². The number of halogens is 2. The van der Waals surface area contributed by atoms with Gasteiger partial charge in [-0.2, -0.15) is 0 Å². The van der Waals surface area contributed by atoms with E-state index in [2.05, 4.69) is 15.5 Å². The molecule has 2 aromatic carbocycles. The lowest BCUT2D eigenvalue weighted by atomic mass is 9.84. The third kappa shape index (κ3) is 5.40. The molecule has 0 radical (unpaired) electrons. The highest BCUT2D eigenvalue weighted by Crippen LogP contribution is 2.51. The minimum Gasteiger partial charge on any atom is -0.493 e. The maximum atomic E-state index is 13.7. The highest BCUT2D eigenvalue weighted by Gasteiger charge is 2.53. The number of benzene rings is 2. The van der Waals surface area contributed by atoms with Crippen LogP contribution in [0.3, 0.4) is 0 Å². The summed E-state index contributed by atoms with van der Waals surface area (Å²) in [5, 5.41) is 7.33. The van der Waals surface area contributed by atoms with Crippen molar-refractivity contribution in [3.05, 3.63) is 57.6 Å². The van der Waals surface area contributed by atoms with Crippen molar-refractivity contribution >= 4 is 35.0 Å².